The second kappa shape index (κ2) is 16.4. The second-order valence-corrected chi connectivity index (χ2v) is 14.6. The van der Waals surface area contributed by atoms with Gasteiger partial charge in [-0.15, -0.1) is 0 Å². The van der Waals surface area contributed by atoms with Crippen LogP contribution in [0.3, 0.4) is 0 Å². The summed E-state index contributed by atoms with van der Waals surface area (Å²) in [5, 5.41) is 4.37. The molecule has 3 atom stereocenters. The summed E-state index contributed by atoms with van der Waals surface area (Å²) in [4.78, 5) is 57.9. The predicted molar refractivity (Wildman–Crippen MR) is 212 cm³/mol. The maximum absolute atomic E-state index is 13.3. The van der Waals surface area contributed by atoms with Crippen LogP contribution in [0.4, 0.5) is 13.6 Å². The van der Waals surface area contributed by atoms with Gasteiger partial charge in [0.25, 0.3) is 0 Å². The molecule has 2 aliphatic heterocycles. The number of rotatable bonds is 11. The topological polar surface area (TPSA) is 136 Å². The zero-order valence-electron chi connectivity index (χ0n) is 31.5. The van der Waals surface area contributed by atoms with E-state index in [9.17, 15) is 23.2 Å². The first kappa shape index (κ1) is 37.5. The first-order valence-electron chi connectivity index (χ1n) is 19.3. The summed E-state index contributed by atoms with van der Waals surface area (Å²) in [7, 11) is 1.12. The molecule has 11 nitrogen and oxygen atoms in total. The summed E-state index contributed by atoms with van der Waals surface area (Å²) in [6, 6.07) is 28.8. The molecule has 0 radical (unpaired) electrons. The van der Waals surface area contributed by atoms with E-state index in [0.29, 0.717) is 31.6 Å². The Hall–Kier alpha value is -6.37. The number of carbonyl (C=O) groups is 3. The number of hydrogen-bond donors (Lipinski definition) is 3. The molecular formula is C44H43F2N7O4. The number of benzene rings is 4. The average Bonchev–Trinajstić information content (AvgIpc) is 4.07. The summed E-state index contributed by atoms with van der Waals surface area (Å²) in [6.45, 7) is 1.10. The van der Waals surface area contributed by atoms with Gasteiger partial charge in [0, 0.05) is 25.1 Å². The van der Waals surface area contributed by atoms with Crippen LogP contribution >= 0.6 is 0 Å². The minimum atomic E-state index is -2.78. The number of ether oxygens (including phenoxy) is 1. The zero-order valence-corrected chi connectivity index (χ0v) is 31.5. The lowest BCUT2D eigenvalue weighted by molar-refractivity contribution is -0.135. The number of halogens is 2. The summed E-state index contributed by atoms with van der Waals surface area (Å²) in [5.41, 5.74) is 6.76. The van der Waals surface area contributed by atoms with Gasteiger partial charge in [-0.3, -0.25) is 9.59 Å². The fourth-order valence-electron chi connectivity index (χ4n) is 8.08. The van der Waals surface area contributed by atoms with Crippen LogP contribution in [0.25, 0.3) is 44.4 Å². The summed E-state index contributed by atoms with van der Waals surface area (Å²) in [6.07, 6.45) is 2.54. The number of fused-ring (bicyclic) bond motifs is 1. The van der Waals surface area contributed by atoms with E-state index in [2.05, 4.69) is 79.6 Å². The molecule has 0 spiro atoms. The number of alkyl carbamates (subject to hydrolysis) is 1. The molecule has 0 unspecified atom stereocenters. The molecule has 3 N–H and O–H groups in total. The standard InChI is InChI=1S/C44H43F2N7O4/c1-57-44(56)51-34(24-39(45)46)43(55)53-20-6-10-38(53)42-48-26-36(50-42)33-18-17-31-22-30(15-16-32(31)23-33)28-11-13-29(14-12-28)35-25-47-41(49-35)37-9-5-19-52(37)40(54)21-27-7-3-2-4-8-27/h2-4,7-8,11-18,22-23,25-26,34,37-39H,5-6,9-10,19-21,24H2,1H3,(H,47,49)(H,48,50)(H,51,56)/t34-,37-,38-/m0/s1. The molecule has 0 aliphatic carbocycles. The van der Waals surface area contributed by atoms with E-state index in [1.165, 1.54) is 4.90 Å². The number of methoxy groups -OCH3 is 1. The van der Waals surface area contributed by atoms with E-state index in [-0.39, 0.29) is 11.9 Å². The van der Waals surface area contributed by atoms with Gasteiger partial charge in [-0.05, 0) is 70.8 Å². The normalized spacial score (nSPS) is 17.3. The third kappa shape index (κ3) is 8.14. The first-order chi connectivity index (χ1) is 27.7. The van der Waals surface area contributed by atoms with Crippen molar-refractivity contribution in [2.75, 3.05) is 20.2 Å². The maximum Gasteiger partial charge on any atom is 0.407 e. The lowest BCUT2D eigenvalue weighted by Gasteiger charge is -2.28. The van der Waals surface area contributed by atoms with Crippen molar-refractivity contribution in [1.82, 2.24) is 35.1 Å². The number of hydrogen-bond acceptors (Lipinski definition) is 6. The molecule has 4 heterocycles. The Morgan fingerprint density at radius 3 is 1.96 bits per heavy atom. The first-order valence-corrected chi connectivity index (χ1v) is 19.3. The molecule has 8 rings (SSSR count). The molecule has 3 amide bonds. The van der Waals surface area contributed by atoms with Gasteiger partial charge in [0.2, 0.25) is 18.2 Å². The van der Waals surface area contributed by atoms with Crippen LogP contribution in [0.5, 0.6) is 0 Å². The average molecular weight is 772 g/mol. The van der Waals surface area contributed by atoms with Crippen LogP contribution in [0.15, 0.2) is 103 Å². The third-order valence-electron chi connectivity index (χ3n) is 11.0. The zero-order chi connectivity index (χ0) is 39.5. The van der Waals surface area contributed by atoms with Gasteiger partial charge in [-0.25, -0.2) is 23.5 Å². The van der Waals surface area contributed by atoms with Crippen LogP contribution in [-0.2, 0) is 20.7 Å². The lowest BCUT2D eigenvalue weighted by Crippen LogP contribution is -2.49. The summed E-state index contributed by atoms with van der Waals surface area (Å²) < 4.78 is 31.2. The fourth-order valence-corrected chi connectivity index (χ4v) is 8.08. The van der Waals surface area contributed by atoms with Crippen molar-refractivity contribution >= 4 is 28.7 Å². The number of alkyl halides is 2. The van der Waals surface area contributed by atoms with E-state index >= 15 is 0 Å². The quantitative estimate of drug-likeness (QED) is 0.121. The van der Waals surface area contributed by atoms with Gasteiger partial charge in [0.05, 0.1) is 49.4 Å². The Morgan fingerprint density at radius 2 is 1.32 bits per heavy atom. The van der Waals surface area contributed by atoms with Crippen LogP contribution in [0, 0.1) is 0 Å². The number of aromatic amines is 2. The van der Waals surface area contributed by atoms with Gasteiger partial charge in [0.15, 0.2) is 0 Å². The van der Waals surface area contributed by atoms with Crippen LogP contribution in [0.2, 0.25) is 0 Å². The molecule has 2 aromatic heterocycles. The van der Waals surface area contributed by atoms with E-state index in [4.69, 9.17) is 4.98 Å². The van der Waals surface area contributed by atoms with Crippen LogP contribution < -0.4 is 5.32 Å². The van der Waals surface area contributed by atoms with Gasteiger partial charge in [-0.2, -0.15) is 0 Å². The Balaban J connectivity index is 0.934. The molecule has 0 saturated carbocycles. The molecule has 2 fully saturated rings. The van der Waals surface area contributed by atoms with Gasteiger partial charge < -0.3 is 29.8 Å². The highest BCUT2D eigenvalue weighted by Crippen LogP contribution is 2.35. The van der Waals surface area contributed by atoms with Crippen molar-refractivity contribution in [2.45, 2.75) is 63.1 Å². The highest BCUT2D eigenvalue weighted by molar-refractivity contribution is 5.91. The van der Waals surface area contributed by atoms with Crippen molar-refractivity contribution in [2.24, 2.45) is 0 Å². The van der Waals surface area contributed by atoms with Gasteiger partial charge >= 0.3 is 6.09 Å². The van der Waals surface area contributed by atoms with E-state index < -0.39 is 36.9 Å². The van der Waals surface area contributed by atoms with Crippen LogP contribution in [0.1, 0.15) is 61.4 Å². The van der Waals surface area contributed by atoms with Gasteiger partial charge in [-0.1, -0.05) is 78.9 Å². The third-order valence-corrected chi connectivity index (χ3v) is 11.0. The van der Waals surface area contributed by atoms with E-state index in [0.717, 1.165) is 82.3 Å². The SMILES string of the molecule is COC(=O)N[C@@H](CC(F)F)C(=O)N1CCC[C@H]1c1ncc(-c2ccc3cc(-c4ccc(-c5cnc([C@@H]6CCCN6C(=O)Cc6ccccc6)[nH]5)cc4)ccc3c2)[nH]1. The van der Waals surface area contributed by atoms with Gasteiger partial charge in [0.1, 0.15) is 17.7 Å². The summed E-state index contributed by atoms with van der Waals surface area (Å²) >= 11 is 0. The molecule has 292 valence electrons. The molecule has 13 heteroatoms. The van der Waals surface area contributed by atoms with Crippen molar-refractivity contribution in [3.05, 3.63) is 121 Å². The molecule has 4 aromatic carbocycles. The molecule has 57 heavy (non-hydrogen) atoms. The largest absolute Gasteiger partial charge is 0.453 e. The number of imidazole rings is 2. The number of amides is 3. The monoisotopic (exact) mass is 771 g/mol. The second-order valence-electron chi connectivity index (χ2n) is 14.6. The number of nitrogens with one attached hydrogen (secondary N) is 3. The minimum Gasteiger partial charge on any atom is -0.453 e. The number of aromatic nitrogens is 4. The highest BCUT2D eigenvalue weighted by atomic mass is 19.3. The number of carbonyl (C=O) groups excluding carboxylic acids is 3. The Morgan fingerprint density at radius 1 is 0.754 bits per heavy atom. The molecule has 6 aromatic rings. The number of nitrogens with zero attached hydrogens (tertiary/aromatic N) is 4. The van der Waals surface area contributed by atoms with Crippen molar-refractivity contribution in [1.29, 1.82) is 0 Å². The summed E-state index contributed by atoms with van der Waals surface area (Å²) in [5.74, 6) is 0.902. The Kier molecular flexibility index (Phi) is 10.8. The molecule has 0 bridgehead atoms. The fraction of sp³-hybridized carbons (Fsp3) is 0.295. The Labute approximate surface area is 328 Å². The van der Waals surface area contributed by atoms with E-state index in [1.54, 1.807) is 6.20 Å². The lowest BCUT2D eigenvalue weighted by atomic mass is 9.98. The maximum atomic E-state index is 13.3. The van der Waals surface area contributed by atoms with Crippen LogP contribution in [-0.4, -0.2) is 80.3 Å². The van der Waals surface area contributed by atoms with E-state index in [1.807, 2.05) is 47.5 Å². The number of likely N-dealkylation sites (tertiary alicyclic amines) is 2. The minimum absolute atomic E-state index is 0.0609. The predicted octanol–water partition coefficient (Wildman–Crippen LogP) is 8.24. The van der Waals surface area contributed by atoms with Crippen molar-refractivity contribution in [3.63, 3.8) is 0 Å². The smallest absolute Gasteiger partial charge is 0.407 e. The highest BCUT2D eigenvalue weighted by Gasteiger charge is 2.37. The van der Waals surface area contributed by atoms with Crippen molar-refractivity contribution < 1.29 is 27.9 Å². The molecule has 2 aliphatic rings. The Bertz CT molecular complexity index is 2380. The van der Waals surface area contributed by atoms with Crippen molar-refractivity contribution in [3.8, 4) is 33.6 Å². The molecular weight excluding hydrogens is 729 g/mol. The number of H-pyrrole nitrogens is 2. The molecule has 2 saturated heterocycles.